The van der Waals surface area contributed by atoms with Crippen molar-refractivity contribution in [1.82, 2.24) is 0 Å². The highest BCUT2D eigenvalue weighted by molar-refractivity contribution is 6.15. The van der Waals surface area contributed by atoms with Crippen molar-refractivity contribution < 1.29 is 33.4 Å². The number of carbonyl (C=O) groups is 4. The average Bonchev–Trinajstić information content (AvgIpc) is 2.97. The SMILES string of the molecule is CC1CC2=C(C=C1Oc1ccc3c(c1)C(=O)OC3=O)C(=O)OC2=O. The Labute approximate surface area is 135 Å². The van der Waals surface area contributed by atoms with E-state index in [2.05, 4.69) is 9.47 Å². The van der Waals surface area contributed by atoms with E-state index < -0.39 is 23.9 Å². The smallest absolute Gasteiger partial charge is 0.347 e. The highest BCUT2D eigenvalue weighted by atomic mass is 16.6. The first-order valence-corrected chi connectivity index (χ1v) is 7.23. The topological polar surface area (TPSA) is 96.0 Å². The largest absolute Gasteiger partial charge is 0.461 e. The van der Waals surface area contributed by atoms with Crippen molar-refractivity contribution in [3.63, 3.8) is 0 Å². The zero-order valence-electron chi connectivity index (χ0n) is 12.5. The monoisotopic (exact) mass is 326 g/mol. The summed E-state index contributed by atoms with van der Waals surface area (Å²) in [6.07, 6.45) is 1.81. The van der Waals surface area contributed by atoms with Gasteiger partial charge >= 0.3 is 23.9 Å². The van der Waals surface area contributed by atoms with Crippen LogP contribution in [0.2, 0.25) is 0 Å². The molecule has 2 heterocycles. The van der Waals surface area contributed by atoms with Crippen molar-refractivity contribution in [2.45, 2.75) is 13.3 Å². The number of cyclic esters (lactones) is 4. The third-order valence-corrected chi connectivity index (χ3v) is 4.11. The van der Waals surface area contributed by atoms with Gasteiger partial charge in [0.1, 0.15) is 11.5 Å². The van der Waals surface area contributed by atoms with E-state index in [-0.39, 0.29) is 22.6 Å². The van der Waals surface area contributed by atoms with E-state index in [1.165, 1.54) is 24.3 Å². The summed E-state index contributed by atoms with van der Waals surface area (Å²) < 4.78 is 14.9. The Morgan fingerprint density at radius 3 is 2.46 bits per heavy atom. The molecule has 0 spiro atoms. The Morgan fingerprint density at radius 2 is 1.67 bits per heavy atom. The van der Waals surface area contributed by atoms with Gasteiger partial charge in [0.25, 0.3) is 0 Å². The van der Waals surface area contributed by atoms with Gasteiger partial charge in [0.2, 0.25) is 0 Å². The number of ether oxygens (including phenoxy) is 3. The zero-order valence-corrected chi connectivity index (χ0v) is 12.5. The molecule has 1 aromatic rings. The number of esters is 4. The van der Waals surface area contributed by atoms with E-state index in [9.17, 15) is 19.2 Å². The van der Waals surface area contributed by atoms with Gasteiger partial charge in [-0.15, -0.1) is 0 Å². The number of carbonyl (C=O) groups excluding carboxylic acids is 4. The summed E-state index contributed by atoms with van der Waals surface area (Å²) in [6.45, 7) is 1.84. The summed E-state index contributed by atoms with van der Waals surface area (Å²) in [4.78, 5) is 46.3. The van der Waals surface area contributed by atoms with Crippen LogP contribution in [0.15, 0.2) is 41.2 Å². The molecular formula is C17H10O7. The molecular weight excluding hydrogens is 316 g/mol. The fourth-order valence-electron chi connectivity index (χ4n) is 2.86. The van der Waals surface area contributed by atoms with Gasteiger partial charge < -0.3 is 14.2 Å². The lowest BCUT2D eigenvalue weighted by Crippen LogP contribution is -2.14. The summed E-state index contributed by atoms with van der Waals surface area (Å²) in [7, 11) is 0. The predicted molar refractivity (Wildman–Crippen MR) is 76.8 cm³/mol. The quantitative estimate of drug-likeness (QED) is 0.602. The Balaban J connectivity index is 1.67. The maximum absolute atomic E-state index is 11.7. The van der Waals surface area contributed by atoms with Crippen LogP contribution in [0.1, 0.15) is 34.1 Å². The molecule has 0 aromatic heterocycles. The van der Waals surface area contributed by atoms with E-state index in [1.54, 1.807) is 0 Å². The van der Waals surface area contributed by atoms with Crippen LogP contribution in [0.5, 0.6) is 5.75 Å². The second-order valence-corrected chi connectivity index (χ2v) is 5.71. The molecule has 24 heavy (non-hydrogen) atoms. The molecule has 7 heteroatoms. The van der Waals surface area contributed by atoms with Crippen LogP contribution in [-0.4, -0.2) is 23.9 Å². The molecule has 120 valence electrons. The lowest BCUT2D eigenvalue weighted by atomic mass is 9.90. The third-order valence-electron chi connectivity index (χ3n) is 4.11. The van der Waals surface area contributed by atoms with Gasteiger partial charge in [-0.2, -0.15) is 0 Å². The molecule has 4 rings (SSSR count). The molecule has 0 fully saturated rings. The van der Waals surface area contributed by atoms with Crippen molar-refractivity contribution in [2.24, 2.45) is 5.92 Å². The van der Waals surface area contributed by atoms with Gasteiger partial charge in [0, 0.05) is 5.92 Å². The van der Waals surface area contributed by atoms with Gasteiger partial charge in [-0.3, -0.25) is 0 Å². The fraction of sp³-hybridized carbons (Fsp3) is 0.176. The Kier molecular flexibility index (Phi) is 2.93. The van der Waals surface area contributed by atoms with Crippen LogP contribution in [0, 0.1) is 5.92 Å². The number of hydrogen-bond acceptors (Lipinski definition) is 7. The number of fused-ring (bicyclic) bond motifs is 1. The van der Waals surface area contributed by atoms with Crippen LogP contribution in [0.4, 0.5) is 0 Å². The molecule has 7 nitrogen and oxygen atoms in total. The normalized spacial score (nSPS) is 22.0. The van der Waals surface area contributed by atoms with E-state index in [0.29, 0.717) is 23.5 Å². The Bertz CT molecular complexity index is 904. The maximum Gasteiger partial charge on any atom is 0.347 e. The Morgan fingerprint density at radius 1 is 0.958 bits per heavy atom. The van der Waals surface area contributed by atoms with Gasteiger partial charge in [-0.25, -0.2) is 19.2 Å². The minimum atomic E-state index is -0.721. The average molecular weight is 326 g/mol. The standard InChI is InChI=1S/C17H10O7/c1-7-4-10-12(17(21)24-15(10)19)6-13(7)22-8-2-3-9-11(5-8)16(20)23-14(9)18/h2-3,5-7H,4H2,1H3. The minimum absolute atomic E-state index is 0.136. The maximum atomic E-state index is 11.7. The van der Waals surface area contributed by atoms with Crippen molar-refractivity contribution in [1.29, 1.82) is 0 Å². The number of benzene rings is 1. The van der Waals surface area contributed by atoms with Crippen molar-refractivity contribution in [2.75, 3.05) is 0 Å². The van der Waals surface area contributed by atoms with E-state index >= 15 is 0 Å². The zero-order chi connectivity index (χ0) is 17.0. The summed E-state index contributed by atoms with van der Waals surface area (Å²) in [6, 6.07) is 4.40. The summed E-state index contributed by atoms with van der Waals surface area (Å²) in [5, 5.41) is 0. The van der Waals surface area contributed by atoms with Crippen molar-refractivity contribution in [3.05, 3.63) is 52.3 Å². The van der Waals surface area contributed by atoms with Crippen molar-refractivity contribution in [3.8, 4) is 5.75 Å². The third kappa shape index (κ3) is 2.05. The summed E-state index contributed by atoms with van der Waals surface area (Å²) in [5.74, 6) is -2.06. The Hall–Kier alpha value is -3.22. The highest BCUT2D eigenvalue weighted by Crippen LogP contribution is 2.35. The highest BCUT2D eigenvalue weighted by Gasteiger charge is 2.37. The molecule has 1 atom stereocenters. The van der Waals surface area contributed by atoms with Crippen LogP contribution >= 0.6 is 0 Å². The number of allylic oxidation sites excluding steroid dienone is 1. The van der Waals surface area contributed by atoms with Gasteiger partial charge in [-0.1, -0.05) is 6.92 Å². The first-order chi connectivity index (χ1) is 11.4. The van der Waals surface area contributed by atoms with E-state index in [1.807, 2.05) is 6.92 Å². The van der Waals surface area contributed by atoms with Crippen LogP contribution in [0.3, 0.4) is 0 Å². The molecule has 0 bridgehead atoms. The molecule has 2 aliphatic heterocycles. The van der Waals surface area contributed by atoms with Crippen molar-refractivity contribution >= 4 is 23.9 Å². The van der Waals surface area contributed by atoms with Gasteiger partial charge in [0.05, 0.1) is 22.3 Å². The molecule has 0 radical (unpaired) electrons. The first-order valence-electron chi connectivity index (χ1n) is 7.23. The molecule has 0 saturated heterocycles. The van der Waals surface area contributed by atoms with Crippen LogP contribution in [-0.2, 0) is 19.1 Å². The molecule has 1 aromatic carbocycles. The predicted octanol–water partition coefficient (Wildman–Crippen LogP) is 1.68. The van der Waals surface area contributed by atoms with E-state index in [4.69, 9.17) is 4.74 Å². The first kappa shape index (κ1) is 14.4. The van der Waals surface area contributed by atoms with Gasteiger partial charge in [0.15, 0.2) is 0 Å². The number of hydrogen-bond donors (Lipinski definition) is 0. The fourth-order valence-corrected chi connectivity index (χ4v) is 2.86. The summed E-state index contributed by atoms with van der Waals surface area (Å²) in [5.41, 5.74) is 0.872. The van der Waals surface area contributed by atoms with Gasteiger partial charge in [-0.05, 0) is 30.7 Å². The lowest BCUT2D eigenvalue weighted by molar-refractivity contribution is -0.151. The van der Waals surface area contributed by atoms with Crippen LogP contribution < -0.4 is 4.74 Å². The number of rotatable bonds is 2. The van der Waals surface area contributed by atoms with E-state index in [0.717, 1.165) is 0 Å². The molecule has 0 saturated carbocycles. The molecule has 1 unspecified atom stereocenters. The van der Waals surface area contributed by atoms with Crippen LogP contribution in [0.25, 0.3) is 0 Å². The molecule has 0 N–H and O–H groups in total. The second-order valence-electron chi connectivity index (χ2n) is 5.71. The molecule has 1 aliphatic carbocycles. The molecule has 0 amide bonds. The molecule has 3 aliphatic rings. The lowest BCUT2D eigenvalue weighted by Gasteiger charge is -2.20. The second kappa shape index (κ2) is 4.89. The summed E-state index contributed by atoms with van der Waals surface area (Å²) >= 11 is 0. The minimum Gasteiger partial charge on any atom is -0.461 e.